The predicted molar refractivity (Wildman–Crippen MR) is 124 cm³/mol. The van der Waals surface area contributed by atoms with Crippen molar-refractivity contribution < 1.29 is 19.1 Å². The Balaban J connectivity index is 1.65. The molecule has 2 heterocycles. The zero-order chi connectivity index (χ0) is 22.9. The molecule has 32 heavy (non-hydrogen) atoms. The summed E-state index contributed by atoms with van der Waals surface area (Å²) in [7, 11) is 0. The monoisotopic (exact) mass is 454 g/mol. The van der Waals surface area contributed by atoms with Crippen LogP contribution in [0.4, 0.5) is 5.69 Å². The third kappa shape index (κ3) is 4.51. The van der Waals surface area contributed by atoms with Crippen LogP contribution in [-0.2, 0) is 4.79 Å². The minimum Gasteiger partial charge on any atom is -0.476 e. The molecule has 2 aliphatic heterocycles. The molecule has 0 aromatic heterocycles. The van der Waals surface area contributed by atoms with Gasteiger partial charge in [0.1, 0.15) is 5.75 Å². The number of Topliss-reactive ketones (excluding diaryl/α,β-unsaturated/α-hetero) is 1. The van der Waals surface area contributed by atoms with Crippen molar-refractivity contribution in [1.29, 1.82) is 0 Å². The molecule has 2 aromatic carbocycles. The molecular formula is C25H27ClN2O4. The Hall–Kier alpha value is -2.86. The Morgan fingerprint density at radius 3 is 2.25 bits per heavy atom. The minimum atomic E-state index is -1.12. The Bertz CT molecular complexity index is 1040. The number of halogens is 1. The van der Waals surface area contributed by atoms with Crippen molar-refractivity contribution >= 4 is 34.9 Å². The third-order valence-corrected chi connectivity index (χ3v) is 6.24. The minimum absolute atomic E-state index is 0.0593. The summed E-state index contributed by atoms with van der Waals surface area (Å²) >= 11 is 5.93. The topological polar surface area (TPSA) is 66.9 Å². The fourth-order valence-electron chi connectivity index (χ4n) is 4.18. The van der Waals surface area contributed by atoms with E-state index in [2.05, 4.69) is 0 Å². The summed E-state index contributed by atoms with van der Waals surface area (Å²) in [6, 6.07) is 11.7. The van der Waals surface area contributed by atoms with Crippen LogP contribution in [0.5, 0.6) is 5.75 Å². The van der Waals surface area contributed by atoms with Crippen LogP contribution in [0.1, 0.15) is 60.2 Å². The maximum atomic E-state index is 13.2. The highest BCUT2D eigenvalue weighted by atomic mass is 35.5. The van der Waals surface area contributed by atoms with Gasteiger partial charge in [0.25, 0.3) is 11.8 Å². The summed E-state index contributed by atoms with van der Waals surface area (Å²) in [6.07, 6.45) is 4.25. The van der Waals surface area contributed by atoms with E-state index in [9.17, 15) is 14.4 Å². The summed E-state index contributed by atoms with van der Waals surface area (Å²) in [4.78, 5) is 42.6. The first kappa shape index (κ1) is 22.3. The van der Waals surface area contributed by atoms with E-state index in [0.29, 0.717) is 27.6 Å². The maximum Gasteiger partial charge on any atom is 0.271 e. The first-order valence-corrected chi connectivity index (χ1v) is 11.4. The molecule has 0 atom stereocenters. The Morgan fingerprint density at radius 1 is 0.969 bits per heavy atom. The first-order valence-electron chi connectivity index (χ1n) is 11.0. The van der Waals surface area contributed by atoms with Crippen molar-refractivity contribution in [2.75, 3.05) is 24.5 Å². The number of rotatable bonds is 4. The number of hydrogen-bond acceptors (Lipinski definition) is 4. The average Bonchev–Trinajstić information content (AvgIpc) is 3.06. The number of amides is 2. The van der Waals surface area contributed by atoms with E-state index < -0.39 is 5.60 Å². The number of benzene rings is 2. The van der Waals surface area contributed by atoms with Crippen LogP contribution >= 0.6 is 11.6 Å². The van der Waals surface area contributed by atoms with Crippen molar-refractivity contribution in [1.82, 2.24) is 4.90 Å². The van der Waals surface area contributed by atoms with Crippen LogP contribution in [0.3, 0.4) is 0 Å². The SMILES string of the molecule is CC1(C)Oc2ccc(C(=O)N3CCCCCC3)cc2N(CC(=O)c2ccc(Cl)cc2)C1=O. The molecule has 0 aliphatic carbocycles. The predicted octanol–water partition coefficient (Wildman–Crippen LogP) is 4.74. The van der Waals surface area contributed by atoms with E-state index >= 15 is 0 Å². The number of fused-ring (bicyclic) bond motifs is 1. The molecule has 1 saturated heterocycles. The highest BCUT2D eigenvalue weighted by molar-refractivity contribution is 6.30. The number of ether oxygens (including phenoxy) is 1. The summed E-state index contributed by atoms with van der Waals surface area (Å²) in [5, 5.41) is 0.534. The van der Waals surface area contributed by atoms with Gasteiger partial charge in [-0.3, -0.25) is 19.3 Å². The molecular weight excluding hydrogens is 428 g/mol. The zero-order valence-electron chi connectivity index (χ0n) is 18.4. The lowest BCUT2D eigenvalue weighted by Crippen LogP contribution is -2.54. The van der Waals surface area contributed by atoms with Crippen molar-refractivity contribution in [3.8, 4) is 5.75 Å². The van der Waals surface area contributed by atoms with Gasteiger partial charge < -0.3 is 9.64 Å². The molecule has 7 heteroatoms. The number of carbonyl (C=O) groups excluding carboxylic acids is 3. The van der Waals surface area contributed by atoms with Gasteiger partial charge in [-0.1, -0.05) is 24.4 Å². The van der Waals surface area contributed by atoms with Crippen molar-refractivity contribution in [3.05, 3.63) is 58.6 Å². The summed E-state index contributed by atoms with van der Waals surface area (Å²) in [5.41, 5.74) is 0.275. The second-order valence-electron chi connectivity index (χ2n) is 8.82. The van der Waals surface area contributed by atoms with E-state index in [0.717, 1.165) is 38.8 Å². The normalized spacial score (nSPS) is 17.9. The number of nitrogens with zero attached hydrogens (tertiary/aromatic N) is 2. The van der Waals surface area contributed by atoms with E-state index in [1.54, 1.807) is 56.3 Å². The smallest absolute Gasteiger partial charge is 0.271 e. The number of hydrogen-bond donors (Lipinski definition) is 0. The number of ketones is 1. The van der Waals surface area contributed by atoms with E-state index in [-0.39, 0.29) is 24.1 Å². The molecule has 0 bridgehead atoms. The summed E-state index contributed by atoms with van der Waals surface area (Å²) in [5.74, 6) is -0.128. The van der Waals surface area contributed by atoms with Crippen LogP contribution in [0.15, 0.2) is 42.5 Å². The van der Waals surface area contributed by atoms with Crippen molar-refractivity contribution in [2.45, 2.75) is 45.1 Å². The van der Waals surface area contributed by atoms with Crippen molar-refractivity contribution in [3.63, 3.8) is 0 Å². The molecule has 168 valence electrons. The molecule has 1 fully saturated rings. The van der Waals surface area contributed by atoms with Gasteiger partial charge in [0, 0.05) is 29.2 Å². The van der Waals surface area contributed by atoms with Gasteiger partial charge in [-0.15, -0.1) is 0 Å². The van der Waals surface area contributed by atoms with Gasteiger partial charge in [0.05, 0.1) is 12.2 Å². The molecule has 0 N–H and O–H groups in total. The standard InChI is InChI=1S/C25H27ClN2O4/c1-25(2)24(31)28(16-21(29)17-7-10-19(26)11-8-17)20-15-18(9-12-22(20)32-25)23(30)27-13-5-3-4-6-14-27/h7-12,15H,3-6,13-14,16H2,1-2H3. The van der Waals surface area contributed by atoms with Gasteiger partial charge in [-0.2, -0.15) is 0 Å². The fourth-order valence-corrected chi connectivity index (χ4v) is 4.31. The second kappa shape index (κ2) is 8.94. The Morgan fingerprint density at radius 2 is 1.59 bits per heavy atom. The van der Waals surface area contributed by atoms with Gasteiger partial charge in [-0.25, -0.2) is 0 Å². The Labute approximate surface area is 193 Å². The molecule has 4 rings (SSSR count). The van der Waals surface area contributed by atoms with E-state index in [1.807, 2.05) is 4.90 Å². The van der Waals surface area contributed by atoms with Crippen LogP contribution in [0.2, 0.25) is 5.02 Å². The van der Waals surface area contributed by atoms with E-state index in [1.165, 1.54) is 4.90 Å². The molecule has 0 spiro atoms. The number of anilines is 1. The van der Waals surface area contributed by atoms with Crippen LogP contribution < -0.4 is 9.64 Å². The summed E-state index contributed by atoms with van der Waals surface area (Å²) in [6.45, 7) is 4.67. The van der Waals surface area contributed by atoms with Gasteiger partial charge in [0.15, 0.2) is 11.4 Å². The van der Waals surface area contributed by atoms with Crippen LogP contribution in [0, 0.1) is 0 Å². The molecule has 2 amide bonds. The number of likely N-dealkylation sites (tertiary alicyclic amines) is 1. The van der Waals surface area contributed by atoms with Gasteiger partial charge in [-0.05, 0) is 69.2 Å². The lowest BCUT2D eigenvalue weighted by molar-refractivity contribution is -0.132. The molecule has 6 nitrogen and oxygen atoms in total. The quantitative estimate of drug-likeness (QED) is 0.625. The first-order chi connectivity index (χ1) is 15.3. The van der Waals surface area contributed by atoms with Gasteiger partial charge >= 0.3 is 0 Å². The third-order valence-electron chi connectivity index (χ3n) is 5.98. The zero-order valence-corrected chi connectivity index (χ0v) is 19.2. The van der Waals surface area contributed by atoms with Crippen LogP contribution in [-0.4, -0.2) is 47.7 Å². The molecule has 2 aliphatic rings. The lowest BCUT2D eigenvalue weighted by atomic mass is 10.0. The molecule has 2 aromatic rings. The molecule has 0 radical (unpaired) electrons. The molecule has 0 unspecified atom stereocenters. The number of carbonyl (C=O) groups is 3. The highest BCUT2D eigenvalue weighted by Gasteiger charge is 2.42. The van der Waals surface area contributed by atoms with Gasteiger partial charge in [0.2, 0.25) is 0 Å². The van der Waals surface area contributed by atoms with Crippen LogP contribution in [0.25, 0.3) is 0 Å². The fraction of sp³-hybridized carbons (Fsp3) is 0.400. The Kier molecular flexibility index (Phi) is 6.24. The largest absolute Gasteiger partial charge is 0.476 e. The maximum absolute atomic E-state index is 13.2. The molecule has 0 saturated carbocycles. The lowest BCUT2D eigenvalue weighted by Gasteiger charge is -2.38. The average molecular weight is 455 g/mol. The van der Waals surface area contributed by atoms with Crippen molar-refractivity contribution in [2.24, 2.45) is 0 Å². The highest BCUT2D eigenvalue weighted by Crippen LogP contribution is 2.39. The second-order valence-corrected chi connectivity index (χ2v) is 9.26. The summed E-state index contributed by atoms with van der Waals surface area (Å²) < 4.78 is 5.92. The van der Waals surface area contributed by atoms with E-state index in [4.69, 9.17) is 16.3 Å².